The van der Waals surface area contributed by atoms with E-state index in [2.05, 4.69) is 18.7 Å². The molecule has 0 aliphatic heterocycles. The first kappa shape index (κ1) is 14.9. The molecule has 1 N–H and O–H groups in total. The van der Waals surface area contributed by atoms with Crippen molar-refractivity contribution in [2.24, 2.45) is 5.92 Å². The molecule has 0 radical (unpaired) electrons. The Balaban J connectivity index is 2.11. The van der Waals surface area contributed by atoms with Crippen LogP contribution in [0.4, 0.5) is 0 Å². The standard InChI is InChI=1S/C17H25NO2/c1-13(2)11-12-18(15-5-3-4-6-15)17(20)14-7-9-16(19)10-8-14/h7-10,13,15,19H,3-6,11-12H2,1-2H3. The summed E-state index contributed by atoms with van der Waals surface area (Å²) >= 11 is 0. The molecule has 1 amide bonds. The third-order valence-electron chi connectivity index (χ3n) is 4.09. The Kier molecular flexibility index (Phi) is 5.05. The zero-order chi connectivity index (χ0) is 14.5. The average molecular weight is 275 g/mol. The van der Waals surface area contributed by atoms with Crippen molar-refractivity contribution in [2.45, 2.75) is 52.0 Å². The topological polar surface area (TPSA) is 40.5 Å². The normalized spacial score (nSPS) is 15.8. The van der Waals surface area contributed by atoms with Crippen LogP contribution in [0, 0.1) is 5.92 Å². The van der Waals surface area contributed by atoms with E-state index in [0.29, 0.717) is 17.5 Å². The van der Waals surface area contributed by atoms with Gasteiger partial charge in [0, 0.05) is 18.2 Å². The SMILES string of the molecule is CC(C)CCN(C(=O)c1ccc(O)cc1)C1CCCC1. The summed E-state index contributed by atoms with van der Waals surface area (Å²) in [6, 6.07) is 7.00. The van der Waals surface area contributed by atoms with Crippen LogP contribution >= 0.6 is 0 Å². The Morgan fingerprint density at radius 1 is 1.25 bits per heavy atom. The van der Waals surface area contributed by atoms with E-state index >= 15 is 0 Å². The molecule has 2 rings (SSSR count). The molecule has 110 valence electrons. The highest BCUT2D eigenvalue weighted by molar-refractivity contribution is 5.94. The molecule has 1 fully saturated rings. The quantitative estimate of drug-likeness (QED) is 0.887. The Morgan fingerprint density at radius 2 is 1.85 bits per heavy atom. The number of phenols is 1. The second-order valence-electron chi connectivity index (χ2n) is 6.17. The molecule has 1 aliphatic carbocycles. The van der Waals surface area contributed by atoms with Crippen LogP contribution < -0.4 is 0 Å². The van der Waals surface area contributed by atoms with Crippen LogP contribution in [0.5, 0.6) is 5.75 Å². The van der Waals surface area contributed by atoms with E-state index in [4.69, 9.17) is 0 Å². The minimum absolute atomic E-state index is 0.109. The lowest BCUT2D eigenvalue weighted by atomic mass is 10.1. The second kappa shape index (κ2) is 6.78. The number of phenolic OH excluding ortho intramolecular Hbond substituents is 1. The first-order valence-corrected chi connectivity index (χ1v) is 7.68. The monoisotopic (exact) mass is 275 g/mol. The van der Waals surface area contributed by atoms with E-state index in [0.717, 1.165) is 25.8 Å². The van der Waals surface area contributed by atoms with Gasteiger partial charge in [0.05, 0.1) is 0 Å². The molecule has 0 saturated heterocycles. The highest BCUT2D eigenvalue weighted by atomic mass is 16.3. The van der Waals surface area contributed by atoms with Crippen molar-refractivity contribution >= 4 is 5.91 Å². The number of nitrogens with zero attached hydrogens (tertiary/aromatic N) is 1. The smallest absolute Gasteiger partial charge is 0.254 e. The molecule has 20 heavy (non-hydrogen) atoms. The number of carbonyl (C=O) groups is 1. The van der Waals surface area contributed by atoms with Crippen molar-refractivity contribution < 1.29 is 9.90 Å². The predicted octanol–water partition coefficient (Wildman–Crippen LogP) is 3.82. The molecular weight excluding hydrogens is 250 g/mol. The van der Waals surface area contributed by atoms with E-state index in [1.54, 1.807) is 24.3 Å². The Morgan fingerprint density at radius 3 is 2.40 bits per heavy atom. The van der Waals surface area contributed by atoms with Gasteiger partial charge in [0.2, 0.25) is 0 Å². The van der Waals surface area contributed by atoms with Crippen molar-refractivity contribution in [1.29, 1.82) is 0 Å². The fraction of sp³-hybridized carbons (Fsp3) is 0.588. The molecule has 0 heterocycles. The van der Waals surface area contributed by atoms with E-state index < -0.39 is 0 Å². The number of amides is 1. The van der Waals surface area contributed by atoms with Crippen molar-refractivity contribution in [3.8, 4) is 5.75 Å². The molecule has 0 atom stereocenters. The lowest BCUT2D eigenvalue weighted by molar-refractivity contribution is 0.0672. The van der Waals surface area contributed by atoms with Crippen LogP contribution in [0.3, 0.4) is 0 Å². The molecule has 0 bridgehead atoms. The van der Waals surface area contributed by atoms with Crippen LogP contribution in [0.2, 0.25) is 0 Å². The van der Waals surface area contributed by atoms with Crippen LogP contribution in [0.1, 0.15) is 56.3 Å². The predicted molar refractivity (Wildman–Crippen MR) is 80.9 cm³/mol. The summed E-state index contributed by atoms with van der Waals surface area (Å²) in [6.07, 6.45) is 5.75. The lowest BCUT2D eigenvalue weighted by Crippen LogP contribution is -2.40. The maximum Gasteiger partial charge on any atom is 0.254 e. The number of hydrogen-bond acceptors (Lipinski definition) is 2. The summed E-state index contributed by atoms with van der Waals surface area (Å²) < 4.78 is 0. The van der Waals surface area contributed by atoms with Crippen LogP contribution in [-0.2, 0) is 0 Å². The molecule has 0 unspecified atom stereocenters. The Bertz CT molecular complexity index is 433. The van der Waals surface area contributed by atoms with E-state index in [9.17, 15) is 9.90 Å². The molecule has 1 aliphatic rings. The number of hydrogen-bond donors (Lipinski definition) is 1. The maximum atomic E-state index is 12.7. The van der Waals surface area contributed by atoms with E-state index in [-0.39, 0.29) is 11.7 Å². The maximum absolute atomic E-state index is 12.7. The van der Waals surface area contributed by atoms with Gasteiger partial charge in [0.1, 0.15) is 5.75 Å². The average Bonchev–Trinajstić information content (AvgIpc) is 2.93. The fourth-order valence-corrected chi connectivity index (χ4v) is 2.83. The zero-order valence-corrected chi connectivity index (χ0v) is 12.5. The summed E-state index contributed by atoms with van der Waals surface area (Å²) in [5.74, 6) is 0.917. The first-order chi connectivity index (χ1) is 9.58. The number of carbonyl (C=O) groups excluding carboxylic acids is 1. The van der Waals surface area contributed by atoms with Gasteiger partial charge in [-0.1, -0.05) is 26.7 Å². The summed E-state index contributed by atoms with van der Waals surface area (Å²) in [5, 5.41) is 9.34. The van der Waals surface area contributed by atoms with Gasteiger partial charge in [-0.15, -0.1) is 0 Å². The lowest BCUT2D eigenvalue weighted by Gasteiger charge is -2.30. The van der Waals surface area contributed by atoms with Gasteiger partial charge in [0.25, 0.3) is 5.91 Å². The van der Waals surface area contributed by atoms with Crippen LogP contribution in [0.25, 0.3) is 0 Å². The van der Waals surface area contributed by atoms with Gasteiger partial charge < -0.3 is 10.0 Å². The van der Waals surface area contributed by atoms with Crippen molar-refractivity contribution in [2.75, 3.05) is 6.54 Å². The van der Waals surface area contributed by atoms with Crippen molar-refractivity contribution in [3.05, 3.63) is 29.8 Å². The van der Waals surface area contributed by atoms with Gasteiger partial charge in [-0.25, -0.2) is 0 Å². The molecule has 3 heteroatoms. The van der Waals surface area contributed by atoms with Crippen LogP contribution in [-0.4, -0.2) is 28.5 Å². The third kappa shape index (κ3) is 3.75. The summed E-state index contributed by atoms with van der Waals surface area (Å²) in [6.45, 7) is 5.22. The summed E-state index contributed by atoms with van der Waals surface area (Å²) in [5.41, 5.74) is 0.679. The van der Waals surface area contributed by atoms with Crippen molar-refractivity contribution in [3.63, 3.8) is 0 Å². The zero-order valence-electron chi connectivity index (χ0n) is 12.5. The largest absolute Gasteiger partial charge is 0.508 e. The number of benzene rings is 1. The van der Waals surface area contributed by atoms with Gasteiger partial charge in [-0.05, 0) is 49.4 Å². The van der Waals surface area contributed by atoms with E-state index in [1.165, 1.54) is 12.8 Å². The fourth-order valence-electron chi connectivity index (χ4n) is 2.83. The molecule has 1 saturated carbocycles. The van der Waals surface area contributed by atoms with Gasteiger partial charge >= 0.3 is 0 Å². The van der Waals surface area contributed by atoms with Crippen LogP contribution in [0.15, 0.2) is 24.3 Å². The van der Waals surface area contributed by atoms with Crippen molar-refractivity contribution in [1.82, 2.24) is 4.90 Å². The molecule has 1 aromatic rings. The summed E-state index contributed by atoms with van der Waals surface area (Å²) in [4.78, 5) is 14.8. The van der Waals surface area contributed by atoms with Gasteiger partial charge in [-0.3, -0.25) is 4.79 Å². The minimum Gasteiger partial charge on any atom is -0.508 e. The third-order valence-corrected chi connectivity index (χ3v) is 4.09. The highest BCUT2D eigenvalue weighted by Crippen LogP contribution is 2.26. The second-order valence-corrected chi connectivity index (χ2v) is 6.17. The molecule has 1 aromatic carbocycles. The summed E-state index contributed by atoms with van der Waals surface area (Å²) in [7, 11) is 0. The molecular formula is C17H25NO2. The highest BCUT2D eigenvalue weighted by Gasteiger charge is 2.27. The number of aromatic hydroxyl groups is 1. The van der Waals surface area contributed by atoms with Gasteiger partial charge in [-0.2, -0.15) is 0 Å². The molecule has 0 aromatic heterocycles. The molecule has 3 nitrogen and oxygen atoms in total. The molecule has 0 spiro atoms. The van der Waals surface area contributed by atoms with E-state index in [1.807, 2.05) is 0 Å². The first-order valence-electron chi connectivity index (χ1n) is 7.68. The number of rotatable bonds is 5. The Labute approximate surface area is 121 Å². The Hall–Kier alpha value is -1.51. The minimum atomic E-state index is 0.109. The van der Waals surface area contributed by atoms with Gasteiger partial charge in [0.15, 0.2) is 0 Å².